The minimum absolute atomic E-state index is 0.0106. The number of nitrogens with zero attached hydrogens (tertiary/aromatic N) is 1. The normalized spacial score (nSPS) is 16.4. The Bertz CT molecular complexity index is 921. The second-order valence-electron chi connectivity index (χ2n) is 6.37. The Labute approximate surface area is 156 Å². The van der Waals surface area contributed by atoms with E-state index in [1.165, 1.54) is 0 Å². The third-order valence-corrected chi connectivity index (χ3v) is 4.43. The van der Waals surface area contributed by atoms with Crippen LogP contribution < -0.4 is 15.0 Å². The van der Waals surface area contributed by atoms with Crippen LogP contribution in [0.5, 0.6) is 11.5 Å². The predicted octanol–water partition coefficient (Wildman–Crippen LogP) is 3.34. The van der Waals surface area contributed by atoms with Crippen LogP contribution in [0.15, 0.2) is 72.9 Å². The van der Waals surface area contributed by atoms with E-state index in [2.05, 4.69) is 10.3 Å². The average molecular weight is 361 g/mol. The molecule has 6 nitrogen and oxygen atoms in total. The number of carbonyl (C=O) groups is 2. The summed E-state index contributed by atoms with van der Waals surface area (Å²) in [5.74, 6) is 1.25. The molecular formula is C21H19N3O3. The van der Waals surface area contributed by atoms with Crippen molar-refractivity contribution in [1.29, 1.82) is 0 Å². The maximum absolute atomic E-state index is 12.4. The minimum atomic E-state index is -0.214. The van der Waals surface area contributed by atoms with Crippen LogP contribution in [-0.2, 0) is 4.79 Å². The molecule has 0 aliphatic carbocycles. The van der Waals surface area contributed by atoms with Gasteiger partial charge in [-0.15, -0.1) is 0 Å². The Morgan fingerprint density at radius 1 is 1.00 bits per heavy atom. The summed E-state index contributed by atoms with van der Waals surface area (Å²) in [5, 5.41) is 2.90. The molecule has 0 bridgehead atoms. The number of para-hydroxylation sites is 1. The van der Waals surface area contributed by atoms with Gasteiger partial charge in [0.15, 0.2) is 0 Å². The number of hydrogen-bond donors (Lipinski definition) is 2. The zero-order valence-corrected chi connectivity index (χ0v) is 14.6. The van der Waals surface area contributed by atoms with E-state index in [-0.39, 0.29) is 24.3 Å². The summed E-state index contributed by atoms with van der Waals surface area (Å²) in [6.07, 6.45) is 1.98. The fraction of sp³-hybridized carbons (Fsp3) is 0.143. The number of aromatic amines is 1. The van der Waals surface area contributed by atoms with E-state index in [0.29, 0.717) is 18.0 Å². The molecule has 2 N–H and O–H groups in total. The third kappa shape index (κ3) is 3.84. The number of hydrogen-bond acceptors (Lipinski definition) is 3. The molecule has 4 rings (SSSR count). The first-order valence-electron chi connectivity index (χ1n) is 8.76. The van der Waals surface area contributed by atoms with Gasteiger partial charge in [0.25, 0.3) is 5.91 Å². The highest BCUT2D eigenvalue weighted by atomic mass is 16.5. The topological polar surface area (TPSA) is 74.4 Å². The van der Waals surface area contributed by atoms with Crippen molar-refractivity contribution < 1.29 is 14.3 Å². The first kappa shape index (κ1) is 16.9. The van der Waals surface area contributed by atoms with Crippen molar-refractivity contribution in [3.8, 4) is 11.5 Å². The van der Waals surface area contributed by atoms with Crippen LogP contribution in [-0.4, -0.2) is 29.4 Å². The average Bonchev–Trinajstić information content (AvgIpc) is 3.33. The van der Waals surface area contributed by atoms with Gasteiger partial charge in [-0.25, -0.2) is 0 Å². The fourth-order valence-electron chi connectivity index (χ4n) is 3.11. The molecule has 1 aromatic heterocycles. The van der Waals surface area contributed by atoms with Crippen molar-refractivity contribution in [3.63, 3.8) is 0 Å². The molecule has 1 atom stereocenters. The van der Waals surface area contributed by atoms with E-state index in [9.17, 15) is 9.59 Å². The zero-order valence-electron chi connectivity index (χ0n) is 14.6. The monoisotopic (exact) mass is 361 g/mol. The number of ether oxygens (including phenoxy) is 1. The van der Waals surface area contributed by atoms with E-state index in [0.717, 1.165) is 11.4 Å². The summed E-state index contributed by atoms with van der Waals surface area (Å²) in [6, 6.07) is 20.1. The van der Waals surface area contributed by atoms with Crippen molar-refractivity contribution in [1.82, 2.24) is 10.3 Å². The molecule has 2 amide bonds. The summed E-state index contributed by atoms with van der Waals surface area (Å²) in [4.78, 5) is 29.1. The number of nitrogens with one attached hydrogen (secondary N) is 2. The van der Waals surface area contributed by atoms with Crippen molar-refractivity contribution in [2.45, 2.75) is 12.5 Å². The van der Waals surface area contributed by atoms with Gasteiger partial charge >= 0.3 is 0 Å². The van der Waals surface area contributed by atoms with Gasteiger partial charge in [0.1, 0.15) is 17.2 Å². The second-order valence-corrected chi connectivity index (χ2v) is 6.37. The molecule has 2 aromatic carbocycles. The van der Waals surface area contributed by atoms with Crippen molar-refractivity contribution in [2.75, 3.05) is 11.4 Å². The Kier molecular flexibility index (Phi) is 4.61. The standard InChI is InChI=1S/C21H19N3O3/c25-20-13-15(23-21(26)19-7-4-12-22-19)14-24(20)16-8-10-18(11-9-16)27-17-5-2-1-3-6-17/h1-12,15,22H,13-14H2,(H,23,26)/t15-/m1/s1. The van der Waals surface area contributed by atoms with E-state index < -0.39 is 0 Å². The molecule has 1 aliphatic heterocycles. The van der Waals surface area contributed by atoms with Crippen LogP contribution >= 0.6 is 0 Å². The second kappa shape index (κ2) is 7.37. The molecule has 6 heteroatoms. The number of benzene rings is 2. The lowest BCUT2D eigenvalue weighted by Crippen LogP contribution is -2.37. The number of amides is 2. The Morgan fingerprint density at radius 2 is 1.74 bits per heavy atom. The highest BCUT2D eigenvalue weighted by molar-refractivity contribution is 5.98. The molecule has 0 saturated carbocycles. The van der Waals surface area contributed by atoms with E-state index >= 15 is 0 Å². The van der Waals surface area contributed by atoms with Crippen molar-refractivity contribution in [2.24, 2.45) is 0 Å². The Balaban J connectivity index is 1.39. The molecule has 3 aromatic rings. The molecule has 2 heterocycles. The number of anilines is 1. The summed E-state index contributed by atoms with van der Waals surface area (Å²) in [7, 11) is 0. The summed E-state index contributed by atoms with van der Waals surface area (Å²) < 4.78 is 5.77. The summed E-state index contributed by atoms with van der Waals surface area (Å²) >= 11 is 0. The van der Waals surface area contributed by atoms with Gasteiger partial charge in [0, 0.05) is 24.8 Å². The number of rotatable bonds is 5. The minimum Gasteiger partial charge on any atom is -0.457 e. The third-order valence-electron chi connectivity index (χ3n) is 4.43. The molecule has 0 unspecified atom stereocenters. The first-order chi connectivity index (χ1) is 13.2. The fourth-order valence-corrected chi connectivity index (χ4v) is 3.11. The van der Waals surface area contributed by atoms with Crippen molar-refractivity contribution in [3.05, 3.63) is 78.6 Å². The van der Waals surface area contributed by atoms with Crippen LogP contribution in [0.4, 0.5) is 5.69 Å². The van der Waals surface area contributed by atoms with Gasteiger partial charge in [-0.3, -0.25) is 9.59 Å². The smallest absolute Gasteiger partial charge is 0.267 e. The predicted molar refractivity (Wildman–Crippen MR) is 102 cm³/mol. The molecule has 27 heavy (non-hydrogen) atoms. The Morgan fingerprint density at radius 3 is 2.44 bits per heavy atom. The lowest BCUT2D eigenvalue weighted by molar-refractivity contribution is -0.117. The maximum Gasteiger partial charge on any atom is 0.267 e. The number of H-pyrrole nitrogens is 1. The van der Waals surface area contributed by atoms with Gasteiger partial charge in [-0.1, -0.05) is 18.2 Å². The number of aromatic nitrogens is 1. The highest BCUT2D eigenvalue weighted by Gasteiger charge is 2.31. The van der Waals surface area contributed by atoms with Crippen molar-refractivity contribution >= 4 is 17.5 Å². The van der Waals surface area contributed by atoms with E-state index in [1.54, 1.807) is 23.2 Å². The molecule has 1 aliphatic rings. The molecule has 136 valence electrons. The SMILES string of the molecule is O=C(N[C@@H]1CC(=O)N(c2ccc(Oc3ccccc3)cc2)C1)c1ccc[nH]1. The first-order valence-corrected chi connectivity index (χ1v) is 8.76. The van der Waals surface area contributed by atoms with Gasteiger partial charge in [-0.2, -0.15) is 0 Å². The molecular weight excluding hydrogens is 342 g/mol. The van der Waals surface area contributed by atoms with Crippen LogP contribution in [0.2, 0.25) is 0 Å². The Hall–Kier alpha value is -3.54. The largest absolute Gasteiger partial charge is 0.457 e. The van der Waals surface area contributed by atoms with Gasteiger partial charge < -0.3 is 19.9 Å². The maximum atomic E-state index is 12.4. The van der Waals surface area contributed by atoms with E-state index in [4.69, 9.17) is 4.74 Å². The quantitative estimate of drug-likeness (QED) is 0.732. The summed E-state index contributed by atoms with van der Waals surface area (Å²) in [5.41, 5.74) is 1.28. The van der Waals surface area contributed by atoms with Crippen LogP contribution in [0, 0.1) is 0 Å². The molecule has 1 fully saturated rings. The van der Waals surface area contributed by atoms with Crippen LogP contribution in [0.1, 0.15) is 16.9 Å². The zero-order chi connectivity index (χ0) is 18.6. The van der Waals surface area contributed by atoms with Gasteiger partial charge in [-0.05, 0) is 48.5 Å². The van der Waals surface area contributed by atoms with Crippen LogP contribution in [0.3, 0.4) is 0 Å². The molecule has 1 saturated heterocycles. The lowest BCUT2D eigenvalue weighted by Gasteiger charge is -2.17. The molecule has 0 spiro atoms. The summed E-state index contributed by atoms with van der Waals surface area (Å²) in [6.45, 7) is 0.449. The lowest BCUT2D eigenvalue weighted by atomic mass is 10.2. The number of carbonyl (C=O) groups excluding carboxylic acids is 2. The van der Waals surface area contributed by atoms with Gasteiger partial charge in [0.2, 0.25) is 5.91 Å². The van der Waals surface area contributed by atoms with E-state index in [1.807, 2.05) is 54.6 Å². The van der Waals surface area contributed by atoms with Crippen LogP contribution in [0.25, 0.3) is 0 Å². The van der Waals surface area contributed by atoms with Gasteiger partial charge in [0.05, 0.1) is 6.04 Å². The highest BCUT2D eigenvalue weighted by Crippen LogP contribution is 2.27. The molecule has 0 radical (unpaired) electrons.